The third-order valence-electron chi connectivity index (χ3n) is 3.51. The lowest BCUT2D eigenvalue weighted by Gasteiger charge is -2.08. The maximum atomic E-state index is 11.9. The first-order valence-electron chi connectivity index (χ1n) is 8.58. The van der Waals surface area contributed by atoms with Crippen LogP contribution in [0.4, 0.5) is 5.69 Å². The van der Waals surface area contributed by atoms with Crippen molar-refractivity contribution in [3.05, 3.63) is 70.3 Å². The summed E-state index contributed by atoms with van der Waals surface area (Å²) in [6, 6.07) is 14.8. The summed E-state index contributed by atoms with van der Waals surface area (Å²) >= 11 is 1.59. The highest BCUT2D eigenvalue weighted by molar-refractivity contribution is 7.99. The molecule has 0 aliphatic heterocycles. The van der Waals surface area contributed by atoms with Crippen LogP contribution in [-0.4, -0.2) is 48.2 Å². The minimum Gasteiger partial charge on any atom is -0.454 e. The van der Waals surface area contributed by atoms with Gasteiger partial charge in [-0.1, -0.05) is 24.3 Å². The number of carbonyl (C=O) groups is 3. The normalized spacial score (nSPS) is 10.1. The van der Waals surface area contributed by atoms with Crippen molar-refractivity contribution in [1.29, 1.82) is 0 Å². The Labute approximate surface area is 171 Å². The van der Waals surface area contributed by atoms with Crippen LogP contribution in [-0.2, 0) is 14.3 Å². The molecule has 0 aliphatic carbocycles. The van der Waals surface area contributed by atoms with Crippen LogP contribution in [0, 0.1) is 10.1 Å². The van der Waals surface area contributed by atoms with Gasteiger partial charge in [0.1, 0.15) is 6.54 Å². The Hall–Kier alpha value is -3.40. The van der Waals surface area contributed by atoms with Gasteiger partial charge in [0.05, 0.1) is 4.92 Å². The monoisotopic (exact) mass is 417 g/mol. The van der Waals surface area contributed by atoms with Gasteiger partial charge in [0.2, 0.25) is 0 Å². The van der Waals surface area contributed by atoms with Crippen LogP contribution in [0.3, 0.4) is 0 Å². The summed E-state index contributed by atoms with van der Waals surface area (Å²) in [6.07, 6.45) is 0. The van der Waals surface area contributed by atoms with Gasteiger partial charge < -0.3 is 15.4 Å². The summed E-state index contributed by atoms with van der Waals surface area (Å²) in [4.78, 5) is 46.4. The van der Waals surface area contributed by atoms with E-state index in [2.05, 4.69) is 10.6 Å². The van der Waals surface area contributed by atoms with E-state index in [-0.39, 0.29) is 11.3 Å². The van der Waals surface area contributed by atoms with Crippen molar-refractivity contribution in [1.82, 2.24) is 10.6 Å². The van der Waals surface area contributed by atoms with Crippen molar-refractivity contribution >= 4 is 35.2 Å². The maximum absolute atomic E-state index is 11.9. The lowest BCUT2D eigenvalue weighted by Crippen LogP contribution is -2.34. The van der Waals surface area contributed by atoms with E-state index in [0.29, 0.717) is 12.3 Å². The molecule has 2 rings (SSSR count). The standard InChI is InChI=1S/C19H19N3O6S/c23-17(20-9-10-29-16-7-2-1-3-8-16)13-28-18(24)12-21-19(25)14-5-4-6-15(11-14)22(26)27/h1-8,11H,9-10,12-13H2,(H,20,23)(H,21,25). The van der Waals surface area contributed by atoms with Gasteiger partial charge in [-0.05, 0) is 18.2 Å². The predicted octanol–water partition coefficient (Wildman–Crippen LogP) is 1.78. The van der Waals surface area contributed by atoms with Crippen LogP contribution in [0.1, 0.15) is 10.4 Å². The average Bonchev–Trinajstić information content (AvgIpc) is 2.74. The van der Waals surface area contributed by atoms with Crippen LogP contribution in [0.5, 0.6) is 0 Å². The Morgan fingerprint density at radius 3 is 2.52 bits per heavy atom. The van der Waals surface area contributed by atoms with Crippen LogP contribution in [0.2, 0.25) is 0 Å². The molecule has 0 atom stereocenters. The minimum absolute atomic E-state index is 0.0423. The highest BCUT2D eigenvalue weighted by Crippen LogP contribution is 2.15. The van der Waals surface area contributed by atoms with Gasteiger partial charge in [-0.15, -0.1) is 11.8 Å². The number of amides is 2. The van der Waals surface area contributed by atoms with Crippen LogP contribution in [0.15, 0.2) is 59.5 Å². The molecule has 10 heteroatoms. The number of thioether (sulfide) groups is 1. The second kappa shape index (κ2) is 11.4. The van der Waals surface area contributed by atoms with Crippen molar-refractivity contribution in [2.45, 2.75) is 4.90 Å². The lowest BCUT2D eigenvalue weighted by atomic mass is 10.2. The smallest absolute Gasteiger partial charge is 0.325 e. The molecule has 0 spiro atoms. The second-order valence-electron chi connectivity index (χ2n) is 5.66. The Bertz CT molecular complexity index is 875. The fourth-order valence-corrected chi connectivity index (χ4v) is 2.93. The Balaban J connectivity index is 1.62. The van der Waals surface area contributed by atoms with Crippen LogP contribution < -0.4 is 10.6 Å². The van der Waals surface area contributed by atoms with Gasteiger partial charge >= 0.3 is 5.97 Å². The van der Waals surface area contributed by atoms with Crippen molar-refractivity contribution in [2.75, 3.05) is 25.4 Å². The molecular formula is C19H19N3O6S. The summed E-state index contributed by atoms with van der Waals surface area (Å²) < 4.78 is 4.79. The summed E-state index contributed by atoms with van der Waals surface area (Å²) in [5.74, 6) is -1.23. The zero-order valence-electron chi connectivity index (χ0n) is 15.3. The first-order valence-corrected chi connectivity index (χ1v) is 9.57. The largest absolute Gasteiger partial charge is 0.454 e. The summed E-state index contributed by atoms with van der Waals surface area (Å²) in [5, 5.41) is 15.6. The number of nitro benzene ring substituents is 1. The maximum Gasteiger partial charge on any atom is 0.325 e. The van der Waals surface area contributed by atoms with Crippen molar-refractivity contribution in [3.8, 4) is 0 Å². The number of carbonyl (C=O) groups excluding carboxylic acids is 3. The van der Waals surface area contributed by atoms with E-state index in [0.717, 1.165) is 11.0 Å². The number of hydrogen-bond acceptors (Lipinski definition) is 7. The summed E-state index contributed by atoms with van der Waals surface area (Å²) in [7, 11) is 0. The molecular weight excluding hydrogens is 398 g/mol. The molecule has 29 heavy (non-hydrogen) atoms. The van der Waals surface area contributed by atoms with E-state index in [1.165, 1.54) is 18.2 Å². The number of ether oxygens (including phenoxy) is 1. The lowest BCUT2D eigenvalue weighted by molar-refractivity contribution is -0.384. The molecule has 2 aromatic rings. The van der Waals surface area contributed by atoms with Crippen molar-refractivity contribution in [2.24, 2.45) is 0 Å². The van der Waals surface area contributed by atoms with Gasteiger partial charge in [0.15, 0.2) is 6.61 Å². The van der Waals surface area contributed by atoms with E-state index in [1.54, 1.807) is 11.8 Å². The summed E-state index contributed by atoms with van der Waals surface area (Å²) in [5.41, 5.74) is -0.192. The Kier molecular flexibility index (Phi) is 8.64. The van der Waals surface area contributed by atoms with E-state index >= 15 is 0 Å². The molecule has 9 nitrogen and oxygen atoms in total. The van der Waals surface area contributed by atoms with E-state index in [9.17, 15) is 24.5 Å². The first-order chi connectivity index (χ1) is 14.0. The second-order valence-corrected chi connectivity index (χ2v) is 6.83. The van der Waals surface area contributed by atoms with E-state index in [4.69, 9.17) is 4.74 Å². The van der Waals surface area contributed by atoms with Gasteiger partial charge in [-0.2, -0.15) is 0 Å². The zero-order valence-corrected chi connectivity index (χ0v) is 16.1. The number of nitro groups is 1. The molecule has 0 saturated heterocycles. The zero-order chi connectivity index (χ0) is 21.1. The molecule has 0 unspecified atom stereocenters. The average molecular weight is 417 g/mol. The molecule has 0 bridgehead atoms. The molecule has 0 fully saturated rings. The molecule has 2 amide bonds. The third-order valence-corrected chi connectivity index (χ3v) is 4.53. The Morgan fingerprint density at radius 1 is 1.03 bits per heavy atom. The molecule has 2 aromatic carbocycles. The van der Waals surface area contributed by atoms with Gasteiger partial charge in [0.25, 0.3) is 17.5 Å². The number of nitrogens with one attached hydrogen (secondary N) is 2. The molecule has 152 valence electrons. The number of nitrogens with zero attached hydrogens (tertiary/aromatic N) is 1. The number of non-ortho nitro benzene ring substituents is 1. The van der Waals surface area contributed by atoms with Gasteiger partial charge in [-0.3, -0.25) is 24.5 Å². The van der Waals surface area contributed by atoms with Crippen LogP contribution in [0.25, 0.3) is 0 Å². The molecule has 2 N–H and O–H groups in total. The number of hydrogen-bond donors (Lipinski definition) is 2. The molecule has 0 heterocycles. The SMILES string of the molecule is O=C(COC(=O)CNC(=O)c1cccc([N+](=O)[O-])c1)NCCSc1ccccc1. The molecule has 0 aliphatic rings. The predicted molar refractivity (Wildman–Crippen MR) is 107 cm³/mol. The van der Waals surface area contributed by atoms with E-state index < -0.39 is 35.9 Å². The van der Waals surface area contributed by atoms with Crippen molar-refractivity contribution in [3.63, 3.8) is 0 Å². The van der Waals surface area contributed by atoms with Gasteiger partial charge in [-0.25, -0.2) is 0 Å². The quantitative estimate of drug-likeness (QED) is 0.198. The molecule has 0 saturated carbocycles. The topological polar surface area (TPSA) is 128 Å². The van der Waals surface area contributed by atoms with E-state index in [1.807, 2.05) is 30.3 Å². The highest BCUT2D eigenvalue weighted by atomic mass is 32.2. The highest BCUT2D eigenvalue weighted by Gasteiger charge is 2.13. The number of rotatable bonds is 10. The number of benzene rings is 2. The number of esters is 1. The minimum atomic E-state index is -0.794. The third kappa shape index (κ3) is 8.01. The first kappa shape index (κ1) is 21.9. The Morgan fingerprint density at radius 2 is 1.79 bits per heavy atom. The summed E-state index contributed by atoms with van der Waals surface area (Å²) in [6.45, 7) is -0.500. The molecule has 0 radical (unpaired) electrons. The fourth-order valence-electron chi connectivity index (χ4n) is 2.14. The molecule has 0 aromatic heterocycles. The van der Waals surface area contributed by atoms with Gasteiger partial charge in [0, 0.05) is 34.9 Å². The van der Waals surface area contributed by atoms with Crippen molar-refractivity contribution < 1.29 is 24.0 Å². The van der Waals surface area contributed by atoms with Crippen LogP contribution >= 0.6 is 11.8 Å². The fraction of sp³-hybridized carbons (Fsp3) is 0.211.